The molecule has 1 N–H and O–H groups in total. The van der Waals surface area contributed by atoms with Crippen molar-refractivity contribution in [3.8, 4) is 0 Å². The lowest BCUT2D eigenvalue weighted by atomic mass is 9.95. The van der Waals surface area contributed by atoms with Gasteiger partial charge in [0.15, 0.2) is 6.61 Å². The van der Waals surface area contributed by atoms with Gasteiger partial charge in [0, 0.05) is 0 Å². The number of phosphoric ester groups is 1. The first kappa shape index (κ1) is 17.9. The molecular formula is C10H20F3O4P. The highest BCUT2D eigenvalue weighted by Crippen LogP contribution is 2.50. The van der Waals surface area contributed by atoms with E-state index in [2.05, 4.69) is 4.52 Å². The van der Waals surface area contributed by atoms with E-state index in [0.29, 0.717) is 25.7 Å². The van der Waals surface area contributed by atoms with Gasteiger partial charge in [-0.1, -0.05) is 26.7 Å². The van der Waals surface area contributed by atoms with Gasteiger partial charge in [0.2, 0.25) is 0 Å². The van der Waals surface area contributed by atoms with Crippen LogP contribution in [0.25, 0.3) is 0 Å². The van der Waals surface area contributed by atoms with E-state index in [9.17, 15) is 22.6 Å². The van der Waals surface area contributed by atoms with Crippen LogP contribution >= 0.6 is 7.82 Å². The summed E-state index contributed by atoms with van der Waals surface area (Å²) in [4.78, 5) is 9.28. The summed E-state index contributed by atoms with van der Waals surface area (Å²) in [5.41, 5.74) is -0.945. The van der Waals surface area contributed by atoms with Crippen molar-refractivity contribution in [2.24, 2.45) is 0 Å². The zero-order valence-electron chi connectivity index (χ0n) is 10.8. The van der Waals surface area contributed by atoms with Gasteiger partial charge in [-0.2, -0.15) is 13.2 Å². The Morgan fingerprint density at radius 3 is 1.94 bits per heavy atom. The van der Waals surface area contributed by atoms with Crippen LogP contribution in [0, 0.1) is 0 Å². The van der Waals surface area contributed by atoms with Gasteiger partial charge in [-0.15, -0.1) is 0 Å². The maximum atomic E-state index is 11.9. The molecule has 0 amide bonds. The maximum Gasteiger partial charge on any atom is 0.473 e. The van der Waals surface area contributed by atoms with Gasteiger partial charge in [0.25, 0.3) is 0 Å². The van der Waals surface area contributed by atoms with Crippen LogP contribution in [0.5, 0.6) is 0 Å². The third kappa shape index (κ3) is 8.08. The van der Waals surface area contributed by atoms with E-state index in [0.717, 1.165) is 0 Å². The number of rotatable bonds is 8. The Kier molecular flexibility index (Phi) is 6.85. The highest BCUT2D eigenvalue weighted by molar-refractivity contribution is 7.47. The standard InChI is InChI=1S/C10H20F3O4P/c1-4-6-9(3,7-5-2)17-18(14,15)16-8-10(11,12)13/h4-8H2,1-3H3,(H,14,15). The van der Waals surface area contributed by atoms with E-state index in [4.69, 9.17) is 4.52 Å². The molecule has 0 aromatic heterocycles. The van der Waals surface area contributed by atoms with E-state index >= 15 is 0 Å². The molecule has 4 nitrogen and oxygen atoms in total. The molecule has 110 valence electrons. The topological polar surface area (TPSA) is 55.8 Å². The minimum absolute atomic E-state index is 0.473. The summed E-state index contributed by atoms with van der Waals surface area (Å²) in [6, 6.07) is 0. The minimum atomic E-state index is -4.69. The summed E-state index contributed by atoms with van der Waals surface area (Å²) in [6.07, 6.45) is -2.33. The van der Waals surface area contributed by atoms with Crippen LogP contribution in [-0.2, 0) is 13.6 Å². The van der Waals surface area contributed by atoms with Crippen LogP contribution in [-0.4, -0.2) is 23.3 Å². The van der Waals surface area contributed by atoms with Crippen molar-refractivity contribution in [3.05, 3.63) is 0 Å². The molecule has 0 aromatic carbocycles. The van der Waals surface area contributed by atoms with Crippen molar-refractivity contribution in [3.63, 3.8) is 0 Å². The van der Waals surface area contributed by atoms with E-state index in [-0.39, 0.29) is 0 Å². The third-order valence-corrected chi connectivity index (χ3v) is 3.41. The molecule has 0 spiro atoms. The van der Waals surface area contributed by atoms with Gasteiger partial charge < -0.3 is 4.89 Å². The summed E-state index contributed by atoms with van der Waals surface area (Å²) < 4.78 is 56.0. The smallest absolute Gasteiger partial charge is 0.302 e. The maximum absolute atomic E-state index is 11.9. The van der Waals surface area contributed by atoms with Crippen LogP contribution < -0.4 is 0 Å². The number of hydrogen-bond donors (Lipinski definition) is 1. The predicted molar refractivity (Wildman–Crippen MR) is 61.1 cm³/mol. The molecule has 8 heteroatoms. The molecule has 0 heterocycles. The lowest BCUT2D eigenvalue weighted by Crippen LogP contribution is -2.28. The molecule has 0 saturated carbocycles. The van der Waals surface area contributed by atoms with Gasteiger partial charge in [-0.3, -0.25) is 9.05 Å². The first-order valence-electron chi connectivity index (χ1n) is 5.78. The summed E-state index contributed by atoms with van der Waals surface area (Å²) in [5, 5.41) is 0. The van der Waals surface area contributed by atoms with Crippen molar-refractivity contribution in [2.45, 2.75) is 58.2 Å². The normalized spacial score (nSPS) is 16.6. The van der Waals surface area contributed by atoms with Gasteiger partial charge in [-0.05, 0) is 19.8 Å². The third-order valence-electron chi connectivity index (χ3n) is 2.28. The average Bonchev–Trinajstić information content (AvgIpc) is 2.13. The fraction of sp³-hybridized carbons (Fsp3) is 1.00. The molecule has 0 fully saturated rings. The molecule has 0 bridgehead atoms. The Bertz CT molecular complexity index is 287. The van der Waals surface area contributed by atoms with Crippen molar-refractivity contribution >= 4 is 7.82 Å². The second-order valence-electron chi connectivity index (χ2n) is 4.40. The van der Waals surface area contributed by atoms with E-state index in [1.165, 1.54) is 0 Å². The molecule has 0 rings (SSSR count). The zero-order valence-corrected chi connectivity index (χ0v) is 11.7. The molecule has 0 aliphatic heterocycles. The quantitative estimate of drug-likeness (QED) is 0.686. The molecule has 1 unspecified atom stereocenters. The van der Waals surface area contributed by atoms with Crippen molar-refractivity contribution in [1.82, 2.24) is 0 Å². The molecule has 0 aliphatic carbocycles. The highest BCUT2D eigenvalue weighted by Gasteiger charge is 2.38. The first-order chi connectivity index (χ1) is 8.04. The summed E-state index contributed by atoms with van der Waals surface area (Å²) in [7, 11) is -4.69. The van der Waals surface area contributed by atoms with Crippen molar-refractivity contribution < 1.29 is 31.7 Å². The number of alkyl halides is 3. The van der Waals surface area contributed by atoms with Gasteiger partial charge in [0.05, 0.1) is 5.60 Å². The molecule has 0 aliphatic rings. The van der Waals surface area contributed by atoms with Crippen LogP contribution in [0.2, 0.25) is 0 Å². The Hall–Kier alpha value is -0.100. The van der Waals surface area contributed by atoms with Crippen LogP contribution in [0.3, 0.4) is 0 Å². The van der Waals surface area contributed by atoms with Crippen molar-refractivity contribution in [1.29, 1.82) is 0 Å². The van der Waals surface area contributed by atoms with E-state index in [1.807, 2.05) is 13.8 Å². The number of hydrogen-bond acceptors (Lipinski definition) is 3. The monoisotopic (exact) mass is 292 g/mol. The number of halogens is 3. The summed E-state index contributed by atoms with van der Waals surface area (Å²) in [5.74, 6) is 0. The lowest BCUT2D eigenvalue weighted by molar-refractivity contribution is -0.159. The minimum Gasteiger partial charge on any atom is -0.302 e. The molecule has 0 saturated heterocycles. The second kappa shape index (κ2) is 6.89. The fourth-order valence-corrected chi connectivity index (χ4v) is 2.84. The summed E-state index contributed by atoms with van der Waals surface area (Å²) >= 11 is 0. The molecular weight excluding hydrogens is 272 g/mol. The van der Waals surface area contributed by atoms with E-state index in [1.54, 1.807) is 6.92 Å². The Balaban J connectivity index is 4.55. The van der Waals surface area contributed by atoms with Crippen LogP contribution in [0.1, 0.15) is 46.5 Å². The average molecular weight is 292 g/mol. The lowest BCUT2D eigenvalue weighted by Gasteiger charge is -2.30. The largest absolute Gasteiger partial charge is 0.473 e. The number of phosphoric acid groups is 1. The predicted octanol–water partition coefficient (Wildman–Crippen LogP) is 4.04. The second-order valence-corrected chi connectivity index (χ2v) is 5.78. The van der Waals surface area contributed by atoms with Crippen LogP contribution in [0.4, 0.5) is 13.2 Å². The Labute approximate surface area is 105 Å². The van der Waals surface area contributed by atoms with Crippen LogP contribution in [0.15, 0.2) is 0 Å². The van der Waals surface area contributed by atoms with Crippen molar-refractivity contribution in [2.75, 3.05) is 6.61 Å². The van der Waals surface area contributed by atoms with Gasteiger partial charge >= 0.3 is 14.0 Å². The van der Waals surface area contributed by atoms with Gasteiger partial charge in [-0.25, -0.2) is 4.57 Å². The van der Waals surface area contributed by atoms with Gasteiger partial charge in [0.1, 0.15) is 0 Å². The Morgan fingerprint density at radius 2 is 1.61 bits per heavy atom. The fourth-order valence-electron chi connectivity index (χ4n) is 1.73. The van der Waals surface area contributed by atoms with E-state index < -0.39 is 26.2 Å². The molecule has 0 aromatic rings. The highest BCUT2D eigenvalue weighted by atomic mass is 31.2. The molecule has 18 heavy (non-hydrogen) atoms. The first-order valence-corrected chi connectivity index (χ1v) is 7.28. The molecule has 0 radical (unpaired) electrons. The summed E-state index contributed by atoms with van der Waals surface area (Å²) in [6.45, 7) is 3.52. The SMILES string of the molecule is CCCC(C)(CCC)OP(=O)(O)OCC(F)(F)F. The zero-order chi connectivity index (χ0) is 14.4. The Morgan fingerprint density at radius 1 is 1.17 bits per heavy atom. The molecule has 1 atom stereocenters.